The van der Waals surface area contributed by atoms with Gasteiger partial charge in [0.05, 0.1) is 13.2 Å². The van der Waals surface area contributed by atoms with Gasteiger partial charge in [-0.2, -0.15) is 0 Å². The molecule has 0 aromatic heterocycles. The first-order valence-electron chi connectivity index (χ1n) is 7.92. The van der Waals surface area contributed by atoms with Gasteiger partial charge in [-0.15, -0.1) is 0 Å². The number of hydrogen-bond donors (Lipinski definition) is 0. The molecule has 0 radical (unpaired) electrons. The first-order chi connectivity index (χ1) is 10.9. The molecule has 130 valence electrons. The predicted molar refractivity (Wildman–Crippen MR) is 78.2 cm³/mol. The van der Waals surface area contributed by atoms with Crippen molar-refractivity contribution >= 4 is 17.7 Å². The van der Waals surface area contributed by atoms with Crippen molar-refractivity contribution in [2.75, 3.05) is 27.4 Å². The van der Waals surface area contributed by atoms with Crippen LogP contribution in [0.1, 0.15) is 26.7 Å². The molecule has 0 N–H and O–H groups in total. The van der Waals surface area contributed by atoms with Crippen molar-refractivity contribution in [3.8, 4) is 0 Å². The van der Waals surface area contributed by atoms with E-state index in [-0.39, 0.29) is 25.0 Å². The number of ketones is 1. The molecule has 2 saturated carbocycles. The van der Waals surface area contributed by atoms with E-state index in [1.807, 2.05) is 0 Å². The quantitative estimate of drug-likeness (QED) is 0.407. The lowest BCUT2D eigenvalue weighted by atomic mass is 9.90. The zero-order valence-electron chi connectivity index (χ0n) is 14.0. The molecule has 2 aliphatic carbocycles. The van der Waals surface area contributed by atoms with Crippen LogP contribution in [0.2, 0.25) is 0 Å². The number of carbonyl (C=O) groups is 3. The van der Waals surface area contributed by atoms with Crippen LogP contribution in [0.3, 0.4) is 0 Å². The summed E-state index contributed by atoms with van der Waals surface area (Å²) < 4.78 is 21.0. The lowest BCUT2D eigenvalue weighted by molar-refractivity contribution is -0.206. The van der Waals surface area contributed by atoms with Crippen LogP contribution in [0.5, 0.6) is 0 Å². The fourth-order valence-corrected chi connectivity index (χ4v) is 3.91. The third-order valence-corrected chi connectivity index (χ3v) is 4.94. The Morgan fingerprint density at radius 3 is 1.65 bits per heavy atom. The van der Waals surface area contributed by atoms with E-state index in [9.17, 15) is 14.4 Å². The number of Topliss-reactive ketones (excluding diaryl/α,β-unsaturated/α-hetero) is 1. The smallest absolute Gasteiger partial charge is 0.316 e. The van der Waals surface area contributed by atoms with Crippen molar-refractivity contribution in [3.63, 3.8) is 0 Å². The zero-order chi connectivity index (χ0) is 17.2. The molecule has 0 saturated heterocycles. The highest BCUT2D eigenvalue weighted by Gasteiger charge is 2.64. The lowest BCUT2D eigenvalue weighted by Gasteiger charge is -2.28. The van der Waals surface area contributed by atoms with Crippen molar-refractivity contribution in [1.29, 1.82) is 0 Å². The van der Waals surface area contributed by atoms with Gasteiger partial charge in [0, 0.05) is 27.1 Å². The van der Waals surface area contributed by atoms with Crippen molar-refractivity contribution in [3.05, 3.63) is 0 Å². The maximum Gasteiger partial charge on any atom is 0.316 e. The monoisotopic (exact) mass is 328 g/mol. The van der Waals surface area contributed by atoms with Crippen LogP contribution in [-0.4, -0.2) is 50.9 Å². The molecule has 0 amide bonds. The molecule has 4 atom stereocenters. The van der Waals surface area contributed by atoms with E-state index < -0.39 is 35.3 Å². The van der Waals surface area contributed by atoms with E-state index in [0.29, 0.717) is 12.8 Å². The molecule has 2 fully saturated rings. The van der Waals surface area contributed by atoms with E-state index in [4.69, 9.17) is 18.9 Å². The van der Waals surface area contributed by atoms with Crippen LogP contribution in [0.15, 0.2) is 0 Å². The summed E-state index contributed by atoms with van der Waals surface area (Å²) in [6.07, 6.45) is 0.742. The van der Waals surface area contributed by atoms with Gasteiger partial charge < -0.3 is 18.9 Å². The number of carbonyl (C=O) groups excluding carboxylic acids is 3. The Bertz CT molecular complexity index is 445. The van der Waals surface area contributed by atoms with Gasteiger partial charge in [-0.05, 0) is 25.7 Å². The number of fused-ring (bicyclic) bond motifs is 1. The number of methoxy groups -OCH3 is 2. The molecule has 7 heteroatoms. The largest absolute Gasteiger partial charge is 0.465 e. The summed E-state index contributed by atoms with van der Waals surface area (Å²) in [5, 5.41) is 0. The van der Waals surface area contributed by atoms with E-state index in [1.54, 1.807) is 13.8 Å². The molecule has 0 aromatic carbocycles. The Morgan fingerprint density at radius 1 is 0.957 bits per heavy atom. The first kappa shape index (κ1) is 17.9. The Kier molecular flexibility index (Phi) is 5.41. The molecule has 7 nitrogen and oxygen atoms in total. The average Bonchev–Trinajstić information content (AvgIpc) is 3.00. The van der Waals surface area contributed by atoms with Crippen LogP contribution in [0.25, 0.3) is 0 Å². The molecule has 2 aliphatic rings. The second-order valence-corrected chi connectivity index (χ2v) is 5.92. The minimum absolute atomic E-state index is 0.184. The summed E-state index contributed by atoms with van der Waals surface area (Å²) in [6.45, 7) is 3.73. The van der Waals surface area contributed by atoms with Crippen molar-refractivity contribution < 1.29 is 33.3 Å². The summed E-state index contributed by atoms with van der Waals surface area (Å²) in [6, 6.07) is 0. The second kappa shape index (κ2) is 6.97. The highest BCUT2D eigenvalue weighted by molar-refractivity contribution is 6.10. The van der Waals surface area contributed by atoms with Crippen LogP contribution < -0.4 is 0 Å². The fraction of sp³-hybridized carbons (Fsp3) is 0.812. The van der Waals surface area contributed by atoms with Gasteiger partial charge in [-0.1, -0.05) is 0 Å². The van der Waals surface area contributed by atoms with Crippen molar-refractivity contribution in [2.24, 2.45) is 23.7 Å². The van der Waals surface area contributed by atoms with Crippen LogP contribution in [0.4, 0.5) is 0 Å². The number of ether oxygens (including phenoxy) is 4. The van der Waals surface area contributed by atoms with Gasteiger partial charge >= 0.3 is 11.9 Å². The van der Waals surface area contributed by atoms with E-state index in [1.165, 1.54) is 14.2 Å². The SMILES string of the molecule is CCOC(=O)C1C(=O)C(C(=O)OCC)C2CC(OC)(OC)CC12. The Morgan fingerprint density at radius 2 is 1.35 bits per heavy atom. The third-order valence-electron chi connectivity index (χ3n) is 4.94. The summed E-state index contributed by atoms with van der Waals surface area (Å²) in [4.78, 5) is 37.1. The minimum Gasteiger partial charge on any atom is -0.465 e. The summed E-state index contributed by atoms with van der Waals surface area (Å²) in [7, 11) is 3.04. The van der Waals surface area contributed by atoms with E-state index in [0.717, 1.165) is 0 Å². The molecule has 0 aromatic rings. The molecule has 2 rings (SSSR count). The summed E-state index contributed by atoms with van der Waals surface area (Å²) in [5.74, 6) is -5.04. The first-order valence-corrected chi connectivity index (χ1v) is 7.92. The Balaban J connectivity index is 2.33. The highest BCUT2D eigenvalue weighted by Crippen LogP contribution is 2.54. The number of rotatable bonds is 6. The lowest BCUT2D eigenvalue weighted by Crippen LogP contribution is -2.37. The van der Waals surface area contributed by atoms with Gasteiger partial charge in [0.15, 0.2) is 11.6 Å². The van der Waals surface area contributed by atoms with Crippen molar-refractivity contribution in [2.45, 2.75) is 32.5 Å². The second-order valence-electron chi connectivity index (χ2n) is 5.92. The molecule has 0 heterocycles. The van der Waals surface area contributed by atoms with E-state index >= 15 is 0 Å². The van der Waals surface area contributed by atoms with Gasteiger partial charge in [0.25, 0.3) is 0 Å². The third kappa shape index (κ3) is 2.99. The summed E-state index contributed by atoms with van der Waals surface area (Å²) >= 11 is 0. The zero-order valence-corrected chi connectivity index (χ0v) is 14.0. The molecule has 4 unspecified atom stereocenters. The van der Waals surface area contributed by atoms with Crippen molar-refractivity contribution in [1.82, 2.24) is 0 Å². The van der Waals surface area contributed by atoms with Crippen LogP contribution in [0, 0.1) is 23.7 Å². The molecular weight excluding hydrogens is 304 g/mol. The molecule has 0 aliphatic heterocycles. The maximum absolute atomic E-state index is 12.7. The van der Waals surface area contributed by atoms with Crippen LogP contribution >= 0.6 is 0 Å². The van der Waals surface area contributed by atoms with Gasteiger partial charge in [0.2, 0.25) is 0 Å². The number of hydrogen-bond acceptors (Lipinski definition) is 7. The minimum atomic E-state index is -0.957. The fourth-order valence-electron chi connectivity index (χ4n) is 3.91. The highest BCUT2D eigenvalue weighted by atomic mass is 16.7. The predicted octanol–water partition coefficient (Wildman–Crippen LogP) is 0.943. The van der Waals surface area contributed by atoms with Gasteiger partial charge in [0.1, 0.15) is 11.8 Å². The topological polar surface area (TPSA) is 88.1 Å². The van der Waals surface area contributed by atoms with Gasteiger partial charge in [-0.25, -0.2) is 0 Å². The Hall–Kier alpha value is -1.47. The molecule has 0 bridgehead atoms. The van der Waals surface area contributed by atoms with Crippen LogP contribution in [-0.2, 0) is 33.3 Å². The Labute approximate surface area is 135 Å². The average molecular weight is 328 g/mol. The molecule has 0 spiro atoms. The molecule has 23 heavy (non-hydrogen) atoms. The standard InChI is InChI=1S/C16H24O7/c1-5-22-14(18)11-9-7-16(20-3,21-4)8-10(9)12(13(11)17)15(19)23-6-2/h9-12H,5-8H2,1-4H3. The van der Waals surface area contributed by atoms with Gasteiger partial charge in [-0.3, -0.25) is 14.4 Å². The number of esters is 2. The maximum atomic E-state index is 12.7. The summed E-state index contributed by atoms with van der Waals surface area (Å²) in [5.41, 5.74) is 0. The normalized spacial score (nSPS) is 31.7. The van der Waals surface area contributed by atoms with E-state index in [2.05, 4.69) is 0 Å². The molecular formula is C16H24O7.